The van der Waals surface area contributed by atoms with E-state index in [0.717, 1.165) is 5.69 Å². The molecule has 27 heavy (non-hydrogen) atoms. The summed E-state index contributed by atoms with van der Waals surface area (Å²) in [6.07, 6.45) is 1.71. The quantitative estimate of drug-likeness (QED) is 0.440. The normalized spacial score (nSPS) is 13.3. The number of hydrogen-bond donors (Lipinski definition) is 1. The zero-order valence-corrected chi connectivity index (χ0v) is 17.0. The van der Waals surface area contributed by atoms with E-state index in [-0.39, 0.29) is 5.78 Å². The molecule has 142 valence electrons. The maximum atomic E-state index is 12.9. The van der Waals surface area contributed by atoms with Crippen LogP contribution in [0, 0.1) is 0 Å². The number of ketones is 1. The van der Waals surface area contributed by atoms with Crippen LogP contribution in [-0.2, 0) is 0 Å². The van der Waals surface area contributed by atoms with Crippen LogP contribution in [0.1, 0.15) is 15.9 Å². The van der Waals surface area contributed by atoms with E-state index in [1.807, 2.05) is 19.0 Å². The fourth-order valence-corrected chi connectivity index (χ4v) is 3.26. The zero-order valence-electron chi connectivity index (χ0n) is 15.4. The summed E-state index contributed by atoms with van der Waals surface area (Å²) in [5, 5.41) is 0. The Kier molecular flexibility index (Phi) is 5.60. The van der Waals surface area contributed by atoms with E-state index in [1.165, 1.54) is 0 Å². The number of allylic oxidation sites excluding steroid dienone is 1. The molecule has 6 nitrogen and oxygen atoms in total. The molecule has 1 aliphatic heterocycles. The third kappa shape index (κ3) is 4.03. The lowest BCUT2D eigenvalue weighted by molar-refractivity contribution is 0.104. The van der Waals surface area contributed by atoms with Crippen LogP contribution in [0.3, 0.4) is 0 Å². The largest absolute Gasteiger partial charge is 0.496 e. The number of nitrogens with zero attached hydrogens (tertiary/aromatic N) is 1. The predicted octanol–water partition coefficient (Wildman–Crippen LogP) is 3.73. The molecule has 0 aromatic heterocycles. The predicted molar refractivity (Wildman–Crippen MR) is 110 cm³/mol. The van der Waals surface area contributed by atoms with Gasteiger partial charge in [0.2, 0.25) is 0 Å². The highest BCUT2D eigenvalue weighted by Crippen LogP contribution is 2.38. The van der Waals surface area contributed by atoms with Crippen molar-refractivity contribution >= 4 is 39.2 Å². The molecule has 0 radical (unpaired) electrons. The van der Waals surface area contributed by atoms with Crippen LogP contribution in [0.4, 0.5) is 11.4 Å². The van der Waals surface area contributed by atoms with Gasteiger partial charge < -0.3 is 24.8 Å². The Labute approximate surface area is 166 Å². The molecule has 3 rings (SSSR count). The second kappa shape index (κ2) is 7.92. The summed E-state index contributed by atoms with van der Waals surface area (Å²) in [6.45, 7) is 0.986. The molecule has 0 aliphatic carbocycles. The Morgan fingerprint density at radius 2 is 1.85 bits per heavy atom. The molecule has 0 spiro atoms. The summed E-state index contributed by atoms with van der Waals surface area (Å²) in [6, 6.07) is 8.77. The lowest BCUT2D eigenvalue weighted by atomic mass is 10.1. The maximum Gasteiger partial charge on any atom is 0.200 e. The minimum absolute atomic E-state index is 0.157. The molecule has 1 heterocycles. The standard InChI is InChI=1S/C20H21BrN2O4/c1-23(2)16-9-12(4-5-15(16)22)20(24)14(21)8-13-10-18-19(11-17(13)25-3)27-7-6-26-18/h4-5,8-11H,6-7,22H2,1-3H3/b14-8+. The Hall–Kier alpha value is -2.67. The summed E-state index contributed by atoms with van der Waals surface area (Å²) in [5.74, 6) is 1.70. The van der Waals surface area contributed by atoms with Crippen molar-refractivity contribution in [2.24, 2.45) is 0 Å². The van der Waals surface area contributed by atoms with Crippen LogP contribution in [0.5, 0.6) is 17.2 Å². The average molecular weight is 433 g/mol. The minimum atomic E-state index is -0.157. The second-order valence-corrected chi connectivity index (χ2v) is 7.08. The fourth-order valence-electron chi connectivity index (χ4n) is 2.79. The number of anilines is 2. The molecule has 0 saturated carbocycles. The summed E-state index contributed by atoms with van der Waals surface area (Å²) in [5.41, 5.74) is 8.63. The molecule has 0 atom stereocenters. The SMILES string of the molecule is COc1cc2c(cc1/C=C(/Br)C(=O)c1ccc(N)c(N(C)C)c1)OCCO2. The third-order valence-corrected chi connectivity index (χ3v) is 4.76. The molecule has 0 unspecified atom stereocenters. The van der Waals surface area contributed by atoms with Crippen molar-refractivity contribution in [2.45, 2.75) is 0 Å². The molecule has 0 bridgehead atoms. The molecule has 0 saturated heterocycles. The number of benzene rings is 2. The van der Waals surface area contributed by atoms with Gasteiger partial charge in [0.15, 0.2) is 17.3 Å². The summed E-state index contributed by atoms with van der Waals surface area (Å²) in [4.78, 5) is 14.7. The highest BCUT2D eigenvalue weighted by Gasteiger charge is 2.18. The average Bonchev–Trinajstić information content (AvgIpc) is 2.66. The Bertz CT molecular complexity index is 909. The van der Waals surface area contributed by atoms with E-state index in [4.69, 9.17) is 19.9 Å². The number of halogens is 1. The number of rotatable bonds is 5. The molecule has 0 fully saturated rings. The van der Waals surface area contributed by atoms with E-state index in [0.29, 0.717) is 51.8 Å². The van der Waals surface area contributed by atoms with Crippen molar-refractivity contribution in [1.29, 1.82) is 0 Å². The Morgan fingerprint density at radius 3 is 2.48 bits per heavy atom. The second-order valence-electron chi connectivity index (χ2n) is 6.23. The molecule has 2 aromatic carbocycles. The van der Waals surface area contributed by atoms with Crippen LogP contribution >= 0.6 is 15.9 Å². The molecular weight excluding hydrogens is 412 g/mol. The van der Waals surface area contributed by atoms with E-state index < -0.39 is 0 Å². The van der Waals surface area contributed by atoms with Gasteiger partial charge in [0.1, 0.15) is 19.0 Å². The van der Waals surface area contributed by atoms with Gasteiger partial charge in [0, 0.05) is 31.3 Å². The maximum absolute atomic E-state index is 12.9. The van der Waals surface area contributed by atoms with Gasteiger partial charge in [0.05, 0.1) is 23.0 Å². The van der Waals surface area contributed by atoms with E-state index >= 15 is 0 Å². The first-order valence-corrected chi connectivity index (χ1v) is 9.16. The van der Waals surface area contributed by atoms with Gasteiger partial charge in [-0.3, -0.25) is 4.79 Å². The number of fused-ring (bicyclic) bond motifs is 1. The first-order valence-electron chi connectivity index (χ1n) is 8.37. The van der Waals surface area contributed by atoms with Crippen molar-refractivity contribution in [3.8, 4) is 17.2 Å². The van der Waals surface area contributed by atoms with Crippen LogP contribution in [0.2, 0.25) is 0 Å². The molecular formula is C20H21BrN2O4. The van der Waals surface area contributed by atoms with Crippen LogP contribution in [0.15, 0.2) is 34.8 Å². The number of nitrogen functional groups attached to an aromatic ring is 1. The van der Waals surface area contributed by atoms with E-state index in [2.05, 4.69) is 15.9 Å². The third-order valence-electron chi connectivity index (χ3n) is 4.17. The zero-order chi connectivity index (χ0) is 19.6. The number of Topliss-reactive ketones (excluding diaryl/α,β-unsaturated/α-hetero) is 1. The van der Waals surface area contributed by atoms with E-state index in [9.17, 15) is 4.79 Å². The molecule has 7 heteroatoms. The highest BCUT2D eigenvalue weighted by atomic mass is 79.9. The summed E-state index contributed by atoms with van der Waals surface area (Å²) in [7, 11) is 5.33. The lowest BCUT2D eigenvalue weighted by Gasteiger charge is -2.20. The van der Waals surface area contributed by atoms with Gasteiger partial charge in [-0.25, -0.2) is 0 Å². The van der Waals surface area contributed by atoms with Crippen LogP contribution < -0.4 is 24.8 Å². The smallest absolute Gasteiger partial charge is 0.200 e. The van der Waals surface area contributed by atoms with Gasteiger partial charge in [0.25, 0.3) is 0 Å². The summed E-state index contributed by atoms with van der Waals surface area (Å²) >= 11 is 3.40. The number of hydrogen-bond acceptors (Lipinski definition) is 6. The fraction of sp³-hybridized carbons (Fsp3) is 0.250. The van der Waals surface area contributed by atoms with Crippen molar-refractivity contribution in [2.75, 3.05) is 45.1 Å². The first-order chi connectivity index (χ1) is 12.9. The van der Waals surface area contributed by atoms with Crippen LogP contribution in [0.25, 0.3) is 6.08 Å². The number of nitrogens with two attached hydrogens (primary N) is 1. The first kappa shape index (κ1) is 19.1. The summed E-state index contributed by atoms with van der Waals surface area (Å²) < 4.78 is 17.0. The van der Waals surface area contributed by atoms with Gasteiger partial charge >= 0.3 is 0 Å². The topological polar surface area (TPSA) is 74.0 Å². The Balaban J connectivity index is 1.95. The van der Waals surface area contributed by atoms with Crippen molar-refractivity contribution in [3.05, 3.63) is 45.9 Å². The number of methoxy groups -OCH3 is 1. The molecule has 1 aliphatic rings. The number of ether oxygens (including phenoxy) is 3. The molecule has 0 amide bonds. The monoisotopic (exact) mass is 432 g/mol. The Morgan fingerprint density at radius 1 is 1.19 bits per heavy atom. The van der Waals surface area contributed by atoms with Gasteiger partial charge in [-0.1, -0.05) is 0 Å². The van der Waals surface area contributed by atoms with Crippen molar-refractivity contribution < 1.29 is 19.0 Å². The van der Waals surface area contributed by atoms with Gasteiger partial charge in [-0.05, 0) is 46.3 Å². The minimum Gasteiger partial charge on any atom is -0.496 e. The molecule has 2 aromatic rings. The van der Waals surface area contributed by atoms with E-state index in [1.54, 1.807) is 43.5 Å². The number of carbonyl (C=O) groups excluding carboxylic acids is 1. The highest BCUT2D eigenvalue weighted by molar-refractivity contribution is 9.12. The number of carbonyl (C=O) groups is 1. The van der Waals surface area contributed by atoms with Crippen molar-refractivity contribution in [3.63, 3.8) is 0 Å². The van der Waals surface area contributed by atoms with Crippen LogP contribution in [-0.4, -0.2) is 40.2 Å². The van der Waals surface area contributed by atoms with Gasteiger partial charge in [-0.15, -0.1) is 0 Å². The molecule has 2 N–H and O–H groups in total. The lowest BCUT2D eigenvalue weighted by Crippen LogP contribution is -2.15. The van der Waals surface area contributed by atoms with Crippen molar-refractivity contribution in [1.82, 2.24) is 0 Å². The van der Waals surface area contributed by atoms with Gasteiger partial charge in [-0.2, -0.15) is 0 Å².